The normalized spacial score (nSPS) is 15.9. The summed E-state index contributed by atoms with van der Waals surface area (Å²) < 4.78 is 2.73. The second-order valence-electron chi connectivity index (χ2n) is 15.0. The van der Waals surface area contributed by atoms with Crippen molar-refractivity contribution in [3.8, 4) is 0 Å². The van der Waals surface area contributed by atoms with Gasteiger partial charge in [-0.25, -0.2) is 0 Å². The zero-order valence-corrected chi connectivity index (χ0v) is 31.4. The molecule has 0 radical (unpaired) electrons. The molecule has 1 aliphatic rings. The monoisotopic (exact) mass is 686 g/mol. The molecular weight excluding hydrogens is 645 g/mol. The van der Waals surface area contributed by atoms with Gasteiger partial charge in [0.05, 0.1) is 0 Å². The van der Waals surface area contributed by atoms with Gasteiger partial charge in [-0.15, -0.1) is 11.3 Å². The molecule has 1 heteroatoms. The third-order valence-electron chi connectivity index (χ3n) is 11.5. The summed E-state index contributed by atoms with van der Waals surface area (Å²) >= 11 is 1.90. The molecule has 52 heavy (non-hydrogen) atoms. The molecule has 7 aromatic carbocycles. The van der Waals surface area contributed by atoms with Crippen LogP contribution < -0.4 is 0 Å². The molecule has 252 valence electrons. The van der Waals surface area contributed by atoms with E-state index in [1.165, 1.54) is 103 Å². The number of benzene rings is 7. The lowest BCUT2D eigenvalue weighted by Crippen LogP contribution is -2.15. The predicted octanol–water partition coefficient (Wildman–Crippen LogP) is 14.9. The summed E-state index contributed by atoms with van der Waals surface area (Å²) in [5.41, 5.74) is 12.0. The van der Waals surface area contributed by atoms with Gasteiger partial charge in [0.25, 0.3) is 0 Å². The maximum Gasteiger partial charge on any atom is 0.0361 e. The highest BCUT2D eigenvalue weighted by Gasteiger charge is 2.36. The molecule has 0 amide bonds. The molecule has 1 aromatic heterocycles. The largest absolute Gasteiger partial charge is 0.135 e. The quantitative estimate of drug-likeness (QED) is 0.125. The fourth-order valence-electron chi connectivity index (χ4n) is 8.75. The van der Waals surface area contributed by atoms with Crippen LogP contribution in [0.15, 0.2) is 157 Å². The minimum atomic E-state index is -0.0770. The van der Waals surface area contributed by atoms with Crippen LogP contribution in [0.2, 0.25) is 0 Å². The van der Waals surface area contributed by atoms with Crippen molar-refractivity contribution in [2.45, 2.75) is 46.5 Å². The fourth-order valence-corrected chi connectivity index (χ4v) is 9.88. The van der Waals surface area contributed by atoms with Gasteiger partial charge in [-0.2, -0.15) is 0 Å². The van der Waals surface area contributed by atoms with Crippen LogP contribution in [-0.2, 0) is 11.8 Å². The van der Waals surface area contributed by atoms with Crippen molar-refractivity contribution in [3.05, 3.63) is 185 Å². The first-order chi connectivity index (χ1) is 25.3. The molecule has 0 atom stereocenters. The van der Waals surface area contributed by atoms with Gasteiger partial charge in [-0.1, -0.05) is 153 Å². The van der Waals surface area contributed by atoms with Crippen LogP contribution in [0, 0.1) is 0 Å². The highest BCUT2D eigenvalue weighted by Crippen LogP contribution is 2.48. The lowest BCUT2D eigenvalue weighted by Gasteiger charge is -2.24. The number of allylic oxidation sites excluding steroid dienone is 8. The highest BCUT2D eigenvalue weighted by atomic mass is 32.1. The molecule has 0 unspecified atom stereocenters. The average Bonchev–Trinajstić information content (AvgIpc) is 3.66. The van der Waals surface area contributed by atoms with Crippen molar-refractivity contribution < 1.29 is 0 Å². The molecule has 1 aliphatic carbocycles. The van der Waals surface area contributed by atoms with E-state index in [4.69, 9.17) is 0 Å². The third-order valence-corrected chi connectivity index (χ3v) is 12.6. The number of thiophene rings is 1. The lowest BCUT2D eigenvalue weighted by atomic mass is 9.80. The zero-order valence-electron chi connectivity index (χ0n) is 30.5. The second-order valence-corrected chi connectivity index (χ2v) is 16.1. The van der Waals surface area contributed by atoms with Crippen LogP contribution >= 0.6 is 11.3 Å². The van der Waals surface area contributed by atoms with Gasteiger partial charge in [0.1, 0.15) is 0 Å². The fraction of sp³-hybridized carbons (Fsp3) is 0.137. The number of hydrogen-bond acceptors (Lipinski definition) is 1. The standard InChI is InChI=1S/C51H42S/c1-32(35-15-7-6-8-16-35)23-24-33(2)48-40-18-9-11-20-42(40)49(43-21-12-10-19-41(43)48)34(3)25-28-38-29-37-27-26-36-30-47-45(31-44(36)50(37)51(38,4)5)39-17-13-14-22-46(39)52-47/h6-28,30-31H,29H2,1-5H3/b32-23+,33-24+,34-25+,38-28+. The predicted molar refractivity (Wildman–Crippen MR) is 230 cm³/mol. The van der Waals surface area contributed by atoms with Gasteiger partial charge in [-0.05, 0) is 122 Å². The van der Waals surface area contributed by atoms with E-state index in [-0.39, 0.29) is 5.41 Å². The first kappa shape index (κ1) is 32.4. The molecular formula is C51H42S. The van der Waals surface area contributed by atoms with E-state index in [1.807, 2.05) is 11.3 Å². The van der Waals surface area contributed by atoms with E-state index >= 15 is 0 Å². The summed E-state index contributed by atoms with van der Waals surface area (Å²) in [6.07, 6.45) is 10.3. The molecule has 0 fully saturated rings. The Balaban J connectivity index is 1.15. The van der Waals surface area contributed by atoms with E-state index in [0.717, 1.165) is 6.42 Å². The second kappa shape index (κ2) is 12.6. The summed E-state index contributed by atoms with van der Waals surface area (Å²) in [5.74, 6) is 0. The SMILES string of the molecule is C/C(=C\C=C(/C)c1c2ccccc2c(/C(C)=C/C=C2\Cc3ccc4cc5sc6ccccc6c5cc4c3C2(C)C)c2ccccc12)c1ccccc1. The number of hydrogen-bond donors (Lipinski definition) is 0. The first-order valence-corrected chi connectivity index (χ1v) is 19.2. The van der Waals surface area contributed by atoms with E-state index in [0.29, 0.717) is 0 Å². The Morgan fingerprint density at radius 2 is 1.08 bits per heavy atom. The van der Waals surface area contributed by atoms with Crippen LogP contribution in [0.5, 0.6) is 0 Å². The van der Waals surface area contributed by atoms with Crippen LogP contribution in [0.25, 0.3) is 69.2 Å². The highest BCUT2D eigenvalue weighted by molar-refractivity contribution is 7.25. The Labute approximate surface area is 310 Å². The summed E-state index contributed by atoms with van der Waals surface area (Å²) in [7, 11) is 0. The van der Waals surface area contributed by atoms with Gasteiger partial charge in [0.15, 0.2) is 0 Å². The van der Waals surface area contributed by atoms with Crippen LogP contribution in [0.4, 0.5) is 0 Å². The third kappa shape index (κ3) is 5.26. The van der Waals surface area contributed by atoms with Gasteiger partial charge in [0.2, 0.25) is 0 Å². The maximum absolute atomic E-state index is 2.48. The zero-order chi connectivity index (χ0) is 35.6. The van der Waals surface area contributed by atoms with Crippen molar-refractivity contribution in [2.24, 2.45) is 0 Å². The summed E-state index contributed by atoms with van der Waals surface area (Å²) in [4.78, 5) is 0. The topological polar surface area (TPSA) is 0 Å². The van der Waals surface area contributed by atoms with E-state index in [2.05, 4.69) is 186 Å². The molecule has 0 N–H and O–H groups in total. The molecule has 1 heterocycles. The van der Waals surface area contributed by atoms with Crippen molar-refractivity contribution in [2.75, 3.05) is 0 Å². The molecule has 9 rings (SSSR count). The smallest absolute Gasteiger partial charge is 0.0361 e. The Kier molecular flexibility index (Phi) is 7.86. The molecule has 0 spiro atoms. The Hall–Kier alpha value is -5.50. The minimum absolute atomic E-state index is 0.0770. The molecule has 0 nitrogen and oxygen atoms in total. The van der Waals surface area contributed by atoms with Gasteiger partial charge in [0, 0.05) is 25.6 Å². The van der Waals surface area contributed by atoms with Gasteiger partial charge < -0.3 is 0 Å². The Morgan fingerprint density at radius 3 is 1.73 bits per heavy atom. The van der Waals surface area contributed by atoms with Crippen LogP contribution in [0.1, 0.15) is 62.4 Å². The lowest BCUT2D eigenvalue weighted by molar-refractivity contribution is 0.649. The molecule has 0 bridgehead atoms. The van der Waals surface area contributed by atoms with Crippen molar-refractivity contribution >= 4 is 80.5 Å². The van der Waals surface area contributed by atoms with Crippen LogP contribution in [-0.4, -0.2) is 0 Å². The Bertz CT molecular complexity index is 2790. The number of fused-ring (bicyclic) bond motifs is 8. The first-order valence-electron chi connectivity index (χ1n) is 18.4. The maximum atomic E-state index is 2.48. The van der Waals surface area contributed by atoms with Crippen molar-refractivity contribution in [1.29, 1.82) is 0 Å². The van der Waals surface area contributed by atoms with E-state index in [1.54, 1.807) is 0 Å². The molecule has 0 aliphatic heterocycles. The summed E-state index contributed by atoms with van der Waals surface area (Å²) in [6, 6.07) is 47.0. The average molecular weight is 687 g/mol. The van der Waals surface area contributed by atoms with Crippen molar-refractivity contribution in [3.63, 3.8) is 0 Å². The van der Waals surface area contributed by atoms with E-state index < -0.39 is 0 Å². The van der Waals surface area contributed by atoms with Gasteiger partial charge in [-0.3, -0.25) is 0 Å². The molecule has 8 aromatic rings. The summed E-state index contributed by atoms with van der Waals surface area (Å²) in [6.45, 7) is 11.6. The van der Waals surface area contributed by atoms with E-state index in [9.17, 15) is 0 Å². The number of rotatable bonds is 5. The minimum Gasteiger partial charge on any atom is -0.135 e. The van der Waals surface area contributed by atoms with Crippen molar-refractivity contribution in [1.82, 2.24) is 0 Å². The van der Waals surface area contributed by atoms with Crippen LogP contribution in [0.3, 0.4) is 0 Å². The molecule has 0 saturated heterocycles. The molecule has 0 saturated carbocycles. The Morgan fingerprint density at radius 1 is 0.519 bits per heavy atom. The van der Waals surface area contributed by atoms with Gasteiger partial charge >= 0.3 is 0 Å². The summed E-state index contributed by atoms with van der Waals surface area (Å²) in [5, 5.41) is 10.7.